The third kappa shape index (κ3) is 4.01. The molecule has 1 aliphatic heterocycles. The first-order chi connectivity index (χ1) is 11.2. The number of rotatable bonds is 2. The average molecular weight is 451 g/mol. The molecule has 4 nitrogen and oxygen atoms in total. The molecule has 0 aliphatic carbocycles. The van der Waals surface area contributed by atoms with E-state index in [-0.39, 0.29) is 23.0 Å². The van der Waals surface area contributed by atoms with Crippen molar-refractivity contribution in [3.05, 3.63) is 0 Å². The Labute approximate surface area is 149 Å². The summed E-state index contributed by atoms with van der Waals surface area (Å²) in [6.45, 7) is -1.05. The molecule has 0 aromatic rings. The predicted octanol–water partition coefficient (Wildman–Crippen LogP) is 3.20. The second kappa shape index (κ2) is 7.02. The van der Waals surface area contributed by atoms with Crippen molar-refractivity contribution in [2.24, 2.45) is 4.99 Å². The van der Waals surface area contributed by atoms with E-state index in [1.165, 1.54) is 0 Å². The second-order valence-electron chi connectivity index (χ2n) is 5.47. The number of hydrogen-bond donors (Lipinski definition) is 2. The molecule has 27 heavy (non-hydrogen) atoms. The van der Waals surface area contributed by atoms with Crippen LogP contribution in [0.2, 0.25) is 0 Å². The summed E-state index contributed by atoms with van der Waals surface area (Å²) in [6.07, 6.45) is -26.5. The first-order valence-electron chi connectivity index (χ1n) is 6.27. The van der Waals surface area contributed by atoms with Gasteiger partial charge in [-0.25, -0.2) is 0 Å². The zero-order valence-electron chi connectivity index (χ0n) is 13.0. The van der Waals surface area contributed by atoms with Crippen molar-refractivity contribution in [1.82, 2.24) is 15.5 Å². The summed E-state index contributed by atoms with van der Waals surface area (Å²) < 4.78 is 157. The Kier molecular flexibility index (Phi) is 6.72. The maximum Gasteiger partial charge on any atom is 0.434 e. The lowest BCUT2D eigenvalue weighted by molar-refractivity contribution is -0.334. The molecule has 1 fully saturated rings. The fourth-order valence-electron chi connectivity index (χ4n) is 2.03. The van der Waals surface area contributed by atoms with Gasteiger partial charge in [0, 0.05) is 0 Å². The zero-order chi connectivity index (χ0) is 21.0. The summed E-state index contributed by atoms with van der Waals surface area (Å²) in [6, 6.07) is 0. The molecular weight excluding hydrogens is 440 g/mol. The van der Waals surface area contributed by atoms with E-state index in [0.717, 1.165) is 19.0 Å². The Morgan fingerprint density at radius 3 is 1.41 bits per heavy atom. The largest absolute Gasteiger partial charge is 0.434 e. The van der Waals surface area contributed by atoms with Crippen LogP contribution >= 0.6 is 12.4 Å². The average Bonchev–Trinajstić information content (AvgIpc) is 2.71. The highest BCUT2D eigenvalue weighted by Crippen LogP contribution is 2.53. The van der Waals surface area contributed by atoms with Gasteiger partial charge < -0.3 is 5.32 Å². The van der Waals surface area contributed by atoms with Crippen LogP contribution in [0.4, 0.5) is 52.7 Å². The predicted molar refractivity (Wildman–Crippen MR) is 69.2 cm³/mol. The highest BCUT2D eigenvalue weighted by Gasteiger charge is 2.87. The van der Waals surface area contributed by atoms with Gasteiger partial charge in [-0.3, -0.25) is 15.2 Å². The minimum atomic E-state index is -6.64. The molecule has 17 heteroatoms. The van der Waals surface area contributed by atoms with Gasteiger partial charge in [0.1, 0.15) is 5.84 Å². The first kappa shape index (κ1) is 25.8. The quantitative estimate of drug-likeness (QED) is 0.635. The Bertz CT molecular complexity index is 530. The molecule has 1 aliphatic rings. The monoisotopic (exact) mass is 450 g/mol. The van der Waals surface area contributed by atoms with Gasteiger partial charge in [0.2, 0.25) is 0 Å². The van der Waals surface area contributed by atoms with Crippen molar-refractivity contribution in [2.75, 3.05) is 20.8 Å². The van der Waals surface area contributed by atoms with Crippen LogP contribution in [0.5, 0.6) is 0 Å². The lowest BCUT2D eigenvalue weighted by atomic mass is 9.97. The topological polar surface area (TPSA) is 39.7 Å². The minimum Gasteiger partial charge on any atom is -0.339 e. The molecule has 2 N–H and O–H groups in total. The first-order valence-corrected chi connectivity index (χ1v) is 6.27. The SMILES string of the molecule is CN(C)CN=C1NC(C(F)(F)F)(C(F)(F)F)NC1(C(F)(F)F)C(F)(F)F.Cl. The van der Waals surface area contributed by atoms with Crippen molar-refractivity contribution in [3.8, 4) is 0 Å². The molecule has 162 valence electrons. The Morgan fingerprint density at radius 1 is 0.778 bits per heavy atom. The highest BCUT2D eigenvalue weighted by atomic mass is 35.5. The van der Waals surface area contributed by atoms with Crippen LogP contribution in [-0.4, -0.2) is 67.4 Å². The van der Waals surface area contributed by atoms with E-state index in [9.17, 15) is 52.7 Å². The molecule has 0 aromatic carbocycles. The lowest BCUT2D eigenvalue weighted by Crippen LogP contribution is -2.75. The van der Waals surface area contributed by atoms with E-state index >= 15 is 0 Å². The molecule has 0 amide bonds. The van der Waals surface area contributed by atoms with Crippen LogP contribution in [0.25, 0.3) is 0 Å². The molecular formula is C10H11ClF12N4. The summed E-state index contributed by atoms with van der Waals surface area (Å²) in [7, 11) is 2.13. The Hall–Kier alpha value is -1.16. The van der Waals surface area contributed by atoms with Crippen LogP contribution < -0.4 is 10.6 Å². The number of amidine groups is 1. The van der Waals surface area contributed by atoms with Gasteiger partial charge in [-0.15, -0.1) is 12.4 Å². The molecule has 0 spiro atoms. The molecule has 0 radical (unpaired) electrons. The molecule has 0 saturated carbocycles. The van der Waals surface area contributed by atoms with Crippen molar-refractivity contribution in [2.45, 2.75) is 35.9 Å². The molecule has 1 rings (SSSR count). The molecule has 1 heterocycles. The molecule has 0 atom stereocenters. The zero-order valence-corrected chi connectivity index (χ0v) is 13.9. The molecule has 1 saturated heterocycles. The van der Waals surface area contributed by atoms with E-state index in [4.69, 9.17) is 0 Å². The summed E-state index contributed by atoms with van der Waals surface area (Å²) in [5.41, 5.74) is -11.4. The third-order valence-electron chi connectivity index (χ3n) is 3.25. The summed E-state index contributed by atoms with van der Waals surface area (Å²) in [5.74, 6) is -2.60. The van der Waals surface area contributed by atoms with Gasteiger partial charge in [0.05, 0.1) is 6.67 Å². The maximum atomic E-state index is 13.2. The lowest BCUT2D eigenvalue weighted by Gasteiger charge is -2.37. The van der Waals surface area contributed by atoms with Crippen molar-refractivity contribution in [1.29, 1.82) is 0 Å². The number of nitrogens with one attached hydrogen (secondary N) is 2. The van der Waals surface area contributed by atoms with E-state index in [1.54, 1.807) is 0 Å². The minimum absolute atomic E-state index is 0. The van der Waals surface area contributed by atoms with E-state index < -0.39 is 48.4 Å². The van der Waals surface area contributed by atoms with Crippen LogP contribution in [0.15, 0.2) is 4.99 Å². The van der Waals surface area contributed by atoms with Gasteiger partial charge in [-0.2, -0.15) is 52.7 Å². The van der Waals surface area contributed by atoms with Crippen LogP contribution in [0.1, 0.15) is 0 Å². The van der Waals surface area contributed by atoms with Gasteiger partial charge in [0.15, 0.2) is 0 Å². The molecule has 0 aromatic heterocycles. The third-order valence-corrected chi connectivity index (χ3v) is 3.25. The highest BCUT2D eigenvalue weighted by molar-refractivity contribution is 5.96. The van der Waals surface area contributed by atoms with Crippen molar-refractivity contribution in [3.63, 3.8) is 0 Å². The van der Waals surface area contributed by atoms with Gasteiger partial charge in [0.25, 0.3) is 11.2 Å². The van der Waals surface area contributed by atoms with Crippen molar-refractivity contribution >= 4 is 18.2 Å². The van der Waals surface area contributed by atoms with E-state index in [2.05, 4.69) is 4.99 Å². The second-order valence-corrected chi connectivity index (χ2v) is 5.47. The number of halogens is 13. The number of alkyl halides is 12. The number of nitrogens with zero attached hydrogens (tertiary/aromatic N) is 2. The number of hydrogen-bond acceptors (Lipinski definition) is 3. The summed E-state index contributed by atoms with van der Waals surface area (Å²) >= 11 is 0. The van der Waals surface area contributed by atoms with Crippen LogP contribution in [0.3, 0.4) is 0 Å². The van der Waals surface area contributed by atoms with Gasteiger partial charge >= 0.3 is 24.7 Å². The van der Waals surface area contributed by atoms with Gasteiger partial charge in [-0.1, -0.05) is 0 Å². The molecule has 0 unspecified atom stereocenters. The fraction of sp³-hybridized carbons (Fsp3) is 0.900. The van der Waals surface area contributed by atoms with Crippen LogP contribution in [-0.2, 0) is 0 Å². The number of aliphatic imine (C=N–C) groups is 1. The normalized spacial score (nSPS) is 22.0. The van der Waals surface area contributed by atoms with Crippen molar-refractivity contribution < 1.29 is 52.7 Å². The van der Waals surface area contributed by atoms with E-state index in [1.807, 2.05) is 0 Å². The Morgan fingerprint density at radius 2 is 1.15 bits per heavy atom. The van der Waals surface area contributed by atoms with Gasteiger partial charge in [-0.05, 0) is 14.1 Å². The fourth-order valence-corrected chi connectivity index (χ4v) is 2.03. The van der Waals surface area contributed by atoms with Crippen LogP contribution in [0, 0.1) is 0 Å². The summed E-state index contributed by atoms with van der Waals surface area (Å²) in [5, 5.41) is -0.0428. The Balaban J connectivity index is 0.00000676. The molecule has 0 bridgehead atoms. The van der Waals surface area contributed by atoms with E-state index in [0.29, 0.717) is 0 Å². The maximum absolute atomic E-state index is 13.2. The summed E-state index contributed by atoms with van der Waals surface area (Å²) in [4.78, 5) is 3.49. The standard InChI is InChI=1S/C10H10F12N4.ClH/c1-26(2)3-23-4-5(7(11,12)13,8(14,15)16)25-6(24-4,9(17,18)19)10(20,21)22;/h25H,3H2,1-2H3,(H,23,24);1H. The smallest absolute Gasteiger partial charge is 0.339 e.